The molecule has 7 heteroatoms. The third-order valence-electron chi connectivity index (χ3n) is 3.86. The zero-order valence-electron chi connectivity index (χ0n) is 11.5. The molecule has 0 radical (unpaired) electrons. The Morgan fingerprint density at radius 1 is 1.33 bits per heavy atom. The molecule has 1 fully saturated rings. The lowest BCUT2D eigenvalue weighted by Gasteiger charge is -2.41. The van der Waals surface area contributed by atoms with Crippen molar-refractivity contribution in [2.75, 3.05) is 12.4 Å². The van der Waals surface area contributed by atoms with E-state index in [-0.39, 0.29) is 24.3 Å². The van der Waals surface area contributed by atoms with Crippen LogP contribution in [0.1, 0.15) is 25.7 Å². The number of aliphatic hydroxyl groups is 1. The molecule has 1 saturated carbocycles. The minimum absolute atomic E-state index is 0.0636. The van der Waals surface area contributed by atoms with Crippen molar-refractivity contribution < 1.29 is 27.4 Å². The van der Waals surface area contributed by atoms with E-state index in [1.54, 1.807) is 0 Å². The van der Waals surface area contributed by atoms with Gasteiger partial charge in [-0.2, -0.15) is 13.2 Å². The Bertz CT molecular complexity index is 506. The van der Waals surface area contributed by atoms with Crippen molar-refractivity contribution in [3.8, 4) is 5.75 Å². The van der Waals surface area contributed by atoms with Crippen LogP contribution < -0.4 is 10.1 Å². The van der Waals surface area contributed by atoms with Gasteiger partial charge in [0, 0.05) is 11.8 Å². The summed E-state index contributed by atoms with van der Waals surface area (Å²) in [5.41, 5.74) is -2.49. The molecule has 0 amide bonds. The molecule has 3 nitrogen and oxygen atoms in total. The van der Waals surface area contributed by atoms with E-state index >= 15 is 0 Å². The second-order valence-electron chi connectivity index (χ2n) is 5.21. The summed E-state index contributed by atoms with van der Waals surface area (Å²) in [6.45, 7) is 0. The van der Waals surface area contributed by atoms with Crippen molar-refractivity contribution in [2.24, 2.45) is 0 Å². The zero-order chi connectivity index (χ0) is 15.7. The van der Waals surface area contributed by atoms with Crippen molar-refractivity contribution in [3.05, 3.63) is 24.0 Å². The van der Waals surface area contributed by atoms with Crippen LogP contribution in [0.15, 0.2) is 18.2 Å². The number of hydrogen-bond donors (Lipinski definition) is 2. The van der Waals surface area contributed by atoms with Gasteiger partial charge in [-0.25, -0.2) is 4.39 Å². The Labute approximate surface area is 119 Å². The summed E-state index contributed by atoms with van der Waals surface area (Å²) in [5.74, 6) is -0.663. The van der Waals surface area contributed by atoms with E-state index in [2.05, 4.69) is 5.32 Å². The molecule has 0 saturated heterocycles. The molecule has 0 aliphatic heterocycles. The molecule has 118 valence electrons. The van der Waals surface area contributed by atoms with Crippen LogP contribution in [0.2, 0.25) is 0 Å². The topological polar surface area (TPSA) is 41.5 Å². The standard InChI is InChI=1S/C14H17F4NO2/c1-21-11-8-9(5-6-10(11)15)19-12-4-2-3-7-13(12,20)14(16,17)18/h5-6,8,12,19-20H,2-4,7H2,1H3. The van der Waals surface area contributed by atoms with Crippen LogP contribution in [0.3, 0.4) is 0 Å². The van der Waals surface area contributed by atoms with Gasteiger partial charge in [-0.05, 0) is 25.0 Å². The quantitative estimate of drug-likeness (QED) is 0.840. The lowest BCUT2D eigenvalue weighted by molar-refractivity contribution is -0.272. The lowest BCUT2D eigenvalue weighted by atomic mass is 9.79. The van der Waals surface area contributed by atoms with Gasteiger partial charge in [-0.3, -0.25) is 0 Å². The summed E-state index contributed by atoms with van der Waals surface area (Å²) in [5, 5.41) is 12.7. The number of hydrogen-bond acceptors (Lipinski definition) is 3. The molecule has 1 aromatic rings. The molecular formula is C14H17F4NO2. The summed E-state index contributed by atoms with van der Waals surface area (Å²) in [4.78, 5) is 0. The second-order valence-corrected chi connectivity index (χ2v) is 5.21. The van der Waals surface area contributed by atoms with Gasteiger partial charge in [-0.1, -0.05) is 12.8 Å². The third-order valence-corrected chi connectivity index (χ3v) is 3.86. The first kappa shape index (κ1) is 15.9. The molecule has 1 aromatic carbocycles. The SMILES string of the molecule is COc1cc(NC2CCCCC2(O)C(F)(F)F)ccc1F. The van der Waals surface area contributed by atoms with E-state index in [9.17, 15) is 22.7 Å². The maximum Gasteiger partial charge on any atom is 0.419 e. The van der Waals surface area contributed by atoms with E-state index in [1.807, 2.05) is 0 Å². The number of ether oxygens (including phenoxy) is 1. The van der Waals surface area contributed by atoms with Crippen molar-refractivity contribution >= 4 is 5.69 Å². The Balaban J connectivity index is 2.24. The first-order valence-electron chi connectivity index (χ1n) is 6.67. The largest absolute Gasteiger partial charge is 0.494 e. The average molecular weight is 307 g/mol. The average Bonchev–Trinajstić information content (AvgIpc) is 2.42. The lowest BCUT2D eigenvalue weighted by Crippen LogP contribution is -2.58. The highest BCUT2D eigenvalue weighted by Gasteiger charge is 2.59. The normalized spacial score (nSPS) is 26.5. The van der Waals surface area contributed by atoms with Gasteiger partial charge >= 0.3 is 6.18 Å². The second kappa shape index (κ2) is 5.71. The number of alkyl halides is 3. The van der Waals surface area contributed by atoms with Crippen molar-refractivity contribution in [2.45, 2.75) is 43.5 Å². The van der Waals surface area contributed by atoms with Crippen LogP contribution in [-0.2, 0) is 0 Å². The molecule has 2 N–H and O–H groups in total. The number of benzene rings is 1. The Kier molecular flexibility index (Phi) is 4.32. The Hall–Kier alpha value is -1.50. The molecule has 21 heavy (non-hydrogen) atoms. The van der Waals surface area contributed by atoms with E-state index in [1.165, 1.54) is 19.2 Å². The summed E-state index contributed by atoms with van der Waals surface area (Å²) < 4.78 is 57.4. The molecule has 0 heterocycles. The fourth-order valence-corrected chi connectivity index (χ4v) is 2.64. The van der Waals surface area contributed by atoms with E-state index in [4.69, 9.17) is 4.74 Å². The van der Waals surface area contributed by atoms with Crippen LogP contribution in [0, 0.1) is 5.82 Å². The molecule has 0 aromatic heterocycles. The van der Waals surface area contributed by atoms with Crippen LogP contribution >= 0.6 is 0 Å². The smallest absolute Gasteiger partial charge is 0.419 e. The molecule has 1 aliphatic rings. The number of anilines is 1. The predicted octanol–water partition coefficient (Wildman–Crippen LogP) is 3.48. The van der Waals surface area contributed by atoms with E-state index < -0.39 is 23.6 Å². The summed E-state index contributed by atoms with van der Waals surface area (Å²) in [7, 11) is 1.27. The number of methoxy groups -OCH3 is 1. The summed E-state index contributed by atoms with van der Waals surface area (Å²) in [6, 6.07) is 2.54. The summed E-state index contributed by atoms with van der Waals surface area (Å²) >= 11 is 0. The highest BCUT2D eigenvalue weighted by atomic mass is 19.4. The monoisotopic (exact) mass is 307 g/mol. The van der Waals surface area contributed by atoms with Gasteiger partial charge in [0.2, 0.25) is 0 Å². The number of rotatable bonds is 3. The van der Waals surface area contributed by atoms with Gasteiger partial charge in [0.25, 0.3) is 0 Å². The summed E-state index contributed by atoms with van der Waals surface area (Å²) in [6.07, 6.45) is -3.95. The molecule has 2 atom stereocenters. The van der Waals surface area contributed by atoms with Crippen LogP contribution in [0.5, 0.6) is 5.75 Å². The third kappa shape index (κ3) is 3.07. The predicted molar refractivity (Wildman–Crippen MR) is 69.8 cm³/mol. The van der Waals surface area contributed by atoms with Gasteiger partial charge in [-0.15, -0.1) is 0 Å². The molecule has 2 unspecified atom stereocenters. The van der Waals surface area contributed by atoms with Crippen molar-refractivity contribution in [1.82, 2.24) is 0 Å². The Morgan fingerprint density at radius 3 is 2.67 bits per heavy atom. The fourth-order valence-electron chi connectivity index (χ4n) is 2.64. The molecule has 1 aliphatic carbocycles. The van der Waals surface area contributed by atoms with Gasteiger partial charge < -0.3 is 15.2 Å². The minimum atomic E-state index is -4.71. The molecule has 0 spiro atoms. The van der Waals surface area contributed by atoms with Gasteiger partial charge in [0.1, 0.15) is 0 Å². The molecular weight excluding hydrogens is 290 g/mol. The number of nitrogens with one attached hydrogen (secondary N) is 1. The minimum Gasteiger partial charge on any atom is -0.494 e. The zero-order valence-corrected chi connectivity index (χ0v) is 11.5. The highest BCUT2D eigenvalue weighted by Crippen LogP contribution is 2.42. The van der Waals surface area contributed by atoms with E-state index in [0.29, 0.717) is 12.8 Å². The maximum absolute atomic E-state index is 13.3. The first-order chi connectivity index (χ1) is 9.78. The van der Waals surface area contributed by atoms with Gasteiger partial charge in [0.05, 0.1) is 13.2 Å². The van der Waals surface area contributed by atoms with E-state index in [0.717, 1.165) is 6.07 Å². The van der Waals surface area contributed by atoms with Crippen LogP contribution in [0.4, 0.5) is 23.2 Å². The van der Waals surface area contributed by atoms with Gasteiger partial charge in [0.15, 0.2) is 17.2 Å². The maximum atomic E-state index is 13.3. The molecule has 0 bridgehead atoms. The number of halogens is 4. The van der Waals surface area contributed by atoms with Crippen LogP contribution in [0.25, 0.3) is 0 Å². The fraction of sp³-hybridized carbons (Fsp3) is 0.571. The molecule has 2 rings (SSSR count). The Morgan fingerprint density at radius 2 is 2.05 bits per heavy atom. The van der Waals surface area contributed by atoms with Crippen molar-refractivity contribution in [1.29, 1.82) is 0 Å². The first-order valence-corrected chi connectivity index (χ1v) is 6.67. The van der Waals surface area contributed by atoms with Crippen LogP contribution in [-0.4, -0.2) is 30.0 Å². The highest BCUT2D eigenvalue weighted by molar-refractivity contribution is 5.50. The van der Waals surface area contributed by atoms with Crippen molar-refractivity contribution in [3.63, 3.8) is 0 Å².